The molecular weight excluding hydrogens is 433 g/mol. The molecule has 0 aliphatic heterocycles. The van der Waals surface area contributed by atoms with Crippen molar-refractivity contribution in [3.05, 3.63) is 149 Å². The average molecular weight is 462 g/mol. The molecule has 2 nitrogen and oxygen atoms in total. The molecule has 0 saturated heterocycles. The molecule has 35 heavy (non-hydrogen) atoms. The zero-order chi connectivity index (χ0) is 24.0. The van der Waals surface area contributed by atoms with Crippen LogP contribution in [0.25, 0.3) is 10.8 Å². The van der Waals surface area contributed by atoms with E-state index in [-0.39, 0.29) is 17.9 Å². The summed E-state index contributed by atoms with van der Waals surface area (Å²) in [5.41, 5.74) is 4.41. The highest BCUT2D eigenvalue weighted by molar-refractivity contribution is 5.88. The zero-order valence-corrected chi connectivity index (χ0v) is 19.7. The monoisotopic (exact) mass is 461 g/mol. The Labute approximate surface area is 206 Å². The molecule has 0 saturated carbocycles. The summed E-state index contributed by atoms with van der Waals surface area (Å²) < 4.78 is 19.8. The highest BCUT2D eigenvalue weighted by Gasteiger charge is 2.23. The van der Waals surface area contributed by atoms with Gasteiger partial charge in [0, 0.05) is 11.6 Å². The summed E-state index contributed by atoms with van der Waals surface area (Å²) in [5, 5.41) is 6.18. The summed E-state index contributed by atoms with van der Waals surface area (Å²) >= 11 is 0. The van der Waals surface area contributed by atoms with Crippen molar-refractivity contribution in [1.29, 1.82) is 0 Å². The first-order valence-corrected chi connectivity index (χ1v) is 11.9. The van der Waals surface area contributed by atoms with Gasteiger partial charge in [-0.1, -0.05) is 103 Å². The lowest BCUT2D eigenvalue weighted by molar-refractivity contribution is 0.300. The Morgan fingerprint density at radius 2 is 1.31 bits per heavy atom. The van der Waals surface area contributed by atoms with E-state index in [2.05, 4.69) is 91.1 Å². The molecular formula is C32H28FNO. The second-order valence-corrected chi connectivity index (χ2v) is 8.76. The fourth-order valence-electron chi connectivity index (χ4n) is 4.52. The van der Waals surface area contributed by atoms with Crippen LogP contribution in [0.3, 0.4) is 0 Å². The molecule has 0 spiro atoms. The molecule has 0 heterocycles. The van der Waals surface area contributed by atoms with E-state index in [4.69, 9.17) is 4.74 Å². The number of halogens is 1. The lowest BCUT2D eigenvalue weighted by atomic mass is 9.91. The lowest BCUT2D eigenvalue weighted by Gasteiger charge is -2.28. The summed E-state index contributed by atoms with van der Waals surface area (Å²) in [4.78, 5) is 0. The van der Waals surface area contributed by atoms with Crippen LogP contribution in [0.1, 0.15) is 41.3 Å². The maximum Gasteiger partial charge on any atom is 0.125 e. The molecule has 174 valence electrons. The predicted octanol–water partition coefficient (Wildman–Crippen LogP) is 8.00. The van der Waals surface area contributed by atoms with Gasteiger partial charge in [0.25, 0.3) is 0 Å². The number of nitrogens with one attached hydrogen (secondary N) is 1. The minimum atomic E-state index is -0.247. The molecule has 0 fully saturated rings. The van der Waals surface area contributed by atoms with Crippen molar-refractivity contribution < 1.29 is 9.13 Å². The zero-order valence-electron chi connectivity index (χ0n) is 19.7. The van der Waals surface area contributed by atoms with E-state index < -0.39 is 0 Å². The van der Waals surface area contributed by atoms with Crippen molar-refractivity contribution in [2.75, 3.05) is 0 Å². The van der Waals surface area contributed by atoms with Crippen molar-refractivity contribution in [3.8, 4) is 5.75 Å². The lowest BCUT2D eigenvalue weighted by Crippen LogP contribution is -2.26. The van der Waals surface area contributed by atoms with Crippen LogP contribution in [0.5, 0.6) is 5.75 Å². The number of hydrogen-bond acceptors (Lipinski definition) is 2. The van der Waals surface area contributed by atoms with Crippen molar-refractivity contribution in [2.45, 2.75) is 25.6 Å². The van der Waals surface area contributed by atoms with E-state index in [0.29, 0.717) is 6.61 Å². The summed E-state index contributed by atoms with van der Waals surface area (Å²) in [6.07, 6.45) is 0. The fraction of sp³-hybridized carbons (Fsp3) is 0.125. The Morgan fingerprint density at radius 3 is 2.03 bits per heavy atom. The van der Waals surface area contributed by atoms with Gasteiger partial charge in [0.1, 0.15) is 18.2 Å². The Hall–Kier alpha value is -3.95. The Bertz CT molecular complexity index is 1380. The average Bonchev–Trinajstić information content (AvgIpc) is 2.92. The van der Waals surface area contributed by atoms with E-state index in [1.807, 2.05) is 18.2 Å². The highest BCUT2D eigenvalue weighted by Crippen LogP contribution is 2.38. The molecule has 0 aliphatic carbocycles. The number of fused-ring (bicyclic) bond motifs is 1. The number of hydrogen-bond donors (Lipinski definition) is 1. The normalized spacial score (nSPS) is 12.9. The molecule has 0 aliphatic rings. The molecule has 0 amide bonds. The van der Waals surface area contributed by atoms with Crippen molar-refractivity contribution in [2.24, 2.45) is 0 Å². The molecule has 3 heteroatoms. The molecule has 0 unspecified atom stereocenters. The van der Waals surface area contributed by atoms with Crippen LogP contribution in [-0.2, 0) is 6.61 Å². The summed E-state index contributed by atoms with van der Waals surface area (Å²) in [5.74, 6) is 0.568. The predicted molar refractivity (Wildman–Crippen MR) is 141 cm³/mol. The van der Waals surface area contributed by atoms with Crippen molar-refractivity contribution in [1.82, 2.24) is 5.32 Å². The topological polar surface area (TPSA) is 21.3 Å². The van der Waals surface area contributed by atoms with Gasteiger partial charge in [-0.05, 0) is 52.6 Å². The van der Waals surface area contributed by atoms with Gasteiger partial charge >= 0.3 is 0 Å². The second-order valence-electron chi connectivity index (χ2n) is 8.76. The van der Waals surface area contributed by atoms with E-state index >= 15 is 0 Å². The standard InChI is InChI=1S/C32H28FNO/c1-23(25-10-4-2-5-11-25)34-32(27-13-6-3-7-14-27)31-29-15-9-8-12-26(29)18-21-30(31)35-22-24-16-19-28(33)20-17-24/h2-21,23,32,34H,22H2,1H3/t23-,32-/m0/s1. The number of benzene rings is 5. The minimum absolute atomic E-state index is 0.0966. The van der Waals surface area contributed by atoms with E-state index in [1.54, 1.807) is 12.1 Å². The first-order valence-electron chi connectivity index (χ1n) is 11.9. The Balaban J connectivity index is 1.59. The molecule has 0 aromatic heterocycles. The first kappa shape index (κ1) is 22.8. The molecule has 0 bridgehead atoms. The molecule has 0 radical (unpaired) electrons. The van der Waals surface area contributed by atoms with Gasteiger partial charge in [-0.2, -0.15) is 0 Å². The SMILES string of the molecule is C[C@H](N[C@@H](c1ccccc1)c1c(OCc2ccc(F)cc2)ccc2ccccc12)c1ccccc1. The third kappa shape index (κ3) is 5.26. The molecule has 2 atom stereocenters. The van der Waals surface area contributed by atoms with Gasteiger partial charge in [0.2, 0.25) is 0 Å². The maximum absolute atomic E-state index is 13.4. The second kappa shape index (κ2) is 10.5. The highest BCUT2D eigenvalue weighted by atomic mass is 19.1. The Kier molecular flexibility index (Phi) is 6.87. The van der Waals surface area contributed by atoms with Crippen LogP contribution in [0.4, 0.5) is 4.39 Å². The van der Waals surface area contributed by atoms with Gasteiger partial charge in [0.15, 0.2) is 0 Å². The minimum Gasteiger partial charge on any atom is -0.489 e. The van der Waals surface area contributed by atoms with Gasteiger partial charge < -0.3 is 4.74 Å². The Morgan fingerprint density at radius 1 is 0.686 bits per heavy atom. The van der Waals surface area contributed by atoms with Crippen LogP contribution < -0.4 is 10.1 Å². The van der Waals surface area contributed by atoms with Crippen LogP contribution in [0.15, 0.2) is 121 Å². The summed E-state index contributed by atoms with van der Waals surface area (Å²) in [6, 6.07) is 40.0. The molecule has 5 aromatic carbocycles. The maximum atomic E-state index is 13.4. The third-order valence-electron chi connectivity index (χ3n) is 6.38. The van der Waals surface area contributed by atoms with E-state index in [0.717, 1.165) is 27.6 Å². The smallest absolute Gasteiger partial charge is 0.125 e. The summed E-state index contributed by atoms with van der Waals surface area (Å²) in [7, 11) is 0. The van der Waals surface area contributed by atoms with Crippen LogP contribution in [0.2, 0.25) is 0 Å². The quantitative estimate of drug-likeness (QED) is 0.253. The van der Waals surface area contributed by atoms with Crippen LogP contribution >= 0.6 is 0 Å². The largest absolute Gasteiger partial charge is 0.489 e. The van der Waals surface area contributed by atoms with Gasteiger partial charge in [-0.3, -0.25) is 5.32 Å². The van der Waals surface area contributed by atoms with Gasteiger partial charge in [-0.15, -0.1) is 0 Å². The van der Waals surface area contributed by atoms with Crippen molar-refractivity contribution >= 4 is 10.8 Å². The first-order chi connectivity index (χ1) is 17.2. The van der Waals surface area contributed by atoms with E-state index in [9.17, 15) is 4.39 Å². The van der Waals surface area contributed by atoms with Gasteiger partial charge in [-0.25, -0.2) is 4.39 Å². The summed E-state index contributed by atoms with van der Waals surface area (Å²) in [6.45, 7) is 2.55. The number of ether oxygens (including phenoxy) is 1. The van der Waals surface area contributed by atoms with Crippen LogP contribution in [0, 0.1) is 5.82 Å². The third-order valence-corrected chi connectivity index (χ3v) is 6.38. The molecule has 5 aromatic rings. The number of rotatable bonds is 8. The van der Waals surface area contributed by atoms with Crippen molar-refractivity contribution in [3.63, 3.8) is 0 Å². The van der Waals surface area contributed by atoms with Crippen LogP contribution in [-0.4, -0.2) is 0 Å². The fourth-order valence-corrected chi connectivity index (χ4v) is 4.52. The van der Waals surface area contributed by atoms with E-state index in [1.165, 1.54) is 23.3 Å². The van der Waals surface area contributed by atoms with Gasteiger partial charge in [0.05, 0.1) is 6.04 Å². The molecule has 5 rings (SSSR count). The molecule has 1 N–H and O–H groups in total.